The summed E-state index contributed by atoms with van der Waals surface area (Å²) in [4.78, 5) is 33.1. The van der Waals surface area contributed by atoms with E-state index in [1.54, 1.807) is 0 Å². The first kappa shape index (κ1) is 12.8. The number of rotatable bonds is 4. The van der Waals surface area contributed by atoms with Crippen LogP contribution < -0.4 is 11.1 Å². The molecule has 2 aliphatic rings. The highest BCUT2D eigenvalue weighted by molar-refractivity contribution is 5.85. The molecule has 18 heavy (non-hydrogen) atoms. The molecule has 7 heteroatoms. The summed E-state index contributed by atoms with van der Waals surface area (Å²) in [6.07, 6.45) is 0.210. The smallest absolute Gasteiger partial charge is 0.324 e. The van der Waals surface area contributed by atoms with Gasteiger partial charge in [-0.25, -0.2) is 0 Å². The predicted octanol–water partition coefficient (Wildman–Crippen LogP) is -1.13. The molecule has 2 fully saturated rings. The molecule has 0 radical (unpaired) electrons. The molecule has 5 atom stereocenters. The summed E-state index contributed by atoms with van der Waals surface area (Å²) in [5, 5.41) is 20.8. The summed E-state index contributed by atoms with van der Waals surface area (Å²) in [6, 6.07) is 0. The number of carbonyl (C=O) groups excluding carboxylic acids is 1. The van der Waals surface area contributed by atoms with E-state index in [1.165, 1.54) is 6.92 Å². The highest BCUT2D eigenvalue weighted by atomic mass is 16.4. The van der Waals surface area contributed by atoms with Gasteiger partial charge in [-0.05, 0) is 18.3 Å². The lowest BCUT2D eigenvalue weighted by atomic mass is 9.87. The van der Waals surface area contributed by atoms with E-state index in [2.05, 4.69) is 5.32 Å². The van der Waals surface area contributed by atoms with Crippen LogP contribution in [0.25, 0.3) is 0 Å². The van der Waals surface area contributed by atoms with Crippen LogP contribution in [0.4, 0.5) is 0 Å². The summed E-state index contributed by atoms with van der Waals surface area (Å²) in [6.45, 7) is 1.65. The zero-order chi connectivity index (χ0) is 13.7. The van der Waals surface area contributed by atoms with E-state index in [0.29, 0.717) is 0 Å². The van der Waals surface area contributed by atoms with E-state index in [0.717, 1.165) is 0 Å². The van der Waals surface area contributed by atoms with E-state index in [4.69, 9.17) is 15.9 Å². The van der Waals surface area contributed by atoms with E-state index < -0.39 is 29.3 Å². The van der Waals surface area contributed by atoms with Crippen molar-refractivity contribution in [3.05, 3.63) is 0 Å². The van der Waals surface area contributed by atoms with Crippen LogP contribution in [-0.2, 0) is 14.4 Å². The number of hydrogen-bond donors (Lipinski definition) is 4. The van der Waals surface area contributed by atoms with Crippen molar-refractivity contribution in [3.63, 3.8) is 0 Å². The van der Waals surface area contributed by atoms with Crippen molar-refractivity contribution < 1.29 is 24.6 Å². The molecule has 2 aliphatic carbocycles. The first-order valence-corrected chi connectivity index (χ1v) is 5.78. The van der Waals surface area contributed by atoms with Crippen LogP contribution >= 0.6 is 0 Å². The normalized spacial score (nSPS) is 41.0. The molecule has 0 aromatic heterocycles. The minimum absolute atomic E-state index is 0.180. The predicted molar refractivity (Wildman–Crippen MR) is 59.5 cm³/mol. The highest BCUT2D eigenvalue weighted by Crippen LogP contribution is 2.64. The highest BCUT2D eigenvalue weighted by Gasteiger charge is 2.73. The van der Waals surface area contributed by atoms with Crippen LogP contribution in [0.3, 0.4) is 0 Å². The average Bonchev–Trinajstić information content (AvgIpc) is 2.92. The van der Waals surface area contributed by atoms with Gasteiger partial charge in [-0.3, -0.25) is 14.4 Å². The van der Waals surface area contributed by atoms with E-state index >= 15 is 0 Å². The second-order valence-corrected chi connectivity index (χ2v) is 5.21. The summed E-state index contributed by atoms with van der Waals surface area (Å²) in [5.74, 6) is -4.02. The minimum atomic E-state index is -1.48. The van der Waals surface area contributed by atoms with Crippen molar-refractivity contribution in [2.45, 2.75) is 18.9 Å². The Balaban J connectivity index is 2.14. The number of aliphatic carboxylic acids is 2. The van der Waals surface area contributed by atoms with Gasteiger partial charge in [-0.15, -0.1) is 0 Å². The molecule has 5 N–H and O–H groups in total. The maximum atomic E-state index is 11.2. The van der Waals surface area contributed by atoms with Crippen molar-refractivity contribution in [3.8, 4) is 0 Å². The number of carbonyl (C=O) groups is 3. The van der Waals surface area contributed by atoms with Crippen molar-refractivity contribution in [2.75, 3.05) is 6.54 Å². The van der Waals surface area contributed by atoms with Gasteiger partial charge >= 0.3 is 11.9 Å². The molecule has 0 aliphatic heterocycles. The monoisotopic (exact) mass is 256 g/mol. The third-order valence-electron chi connectivity index (χ3n) is 4.11. The van der Waals surface area contributed by atoms with Gasteiger partial charge in [0, 0.05) is 19.4 Å². The Kier molecular flexibility index (Phi) is 2.81. The third kappa shape index (κ3) is 1.74. The number of carboxylic acids is 2. The molecule has 0 aromatic carbocycles. The zero-order valence-corrected chi connectivity index (χ0v) is 9.92. The fourth-order valence-electron chi connectivity index (χ4n) is 3.32. The summed E-state index contributed by atoms with van der Waals surface area (Å²) in [7, 11) is 0. The molecule has 5 unspecified atom stereocenters. The molecule has 1 amide bonds. The van der Waals surface area contributed by atoms with Crippen LogP contribution in [0.5, 0.6) is 0 Å². The lowest BCUT2D eigenvalue weighted by Gasteiger charge is -2.24. The van der Waals surface area contributed by atoms with E-state index in [-0.39, 0.29) is 30.7 Å². The fraction of sp³-hybridized carbons (Fsp3) is 0.727. The van der Waals surface area contributed by atoms with Crippen molar-refractivity contribution in [1.29, 1.82) is 0 Å². The second-order valence-electron chi connectivity index (χ2n) is 5.21. The number of hydrogen-bond acceptors (Lipinski definition) is 4. The number of amides is 1. The van der Waals surface area contributed by atoms with Crippen LogP contribution in [0, 0.1) is 23.7 Å². The molecule has 2 rings (SSSR count). The fourth-order valence-corrected chi connectivity index (χ4v) is 3.32. The Morgan fingerprint density at radius 2 is 2.00 bits per heavy atom. The maximum Gasteiger partial charge on any atom is 0.324 e. The van der Waals surface area contributed by atoms with E-state index in [1.807, 2.05) is 0 Å². The standard InChI is InChI=1S/C11H16N2O5/c1-4(14)13-3-5-2-11(12,10(17)18)8-6(5)7(8)9(15)16/h5-8H,2-3,12H2,1H3,(H,13,14)(H,15,16)(H,17,18). The summed E-state index contributed by atoms with van der Waals surface area (Å²) >= 11 is 0. The first-order valence-electron chi connectivity index (χ1n) is 5.78. The summed E-state index contributed by atoms with van der Waals surface area (Å²) in [5.41, 5.74) is 4.36. The number of nitrogens with two attached hydrogens (primary N) is 1. The van der Waals surface area contributed by atoms with E-state index in [9.17, 15) is 14.4 Å². The van der Waals surface area contributed by atoms with Crippen LogP contribution in [-0.4, -0.2) is 40.1 Å². The van der Waals surface area contributed by atoms with Gasteiger partial charge in [0.1, 0.15) is 5.54 Å². The molecule has 0 bridgehead atoms. The first-order chi connectivity index (χ1) is 8.29. The van der Waals surface area contributed by atoms with Gasteiger partial charge in [-0.1, -0.05) is 0 Å². The Labute approximate surface area is 103 Å². The molecule has 2 saturated carbocycles. The minimum Gasteiger partial charge on any atom is -0.481 e. The number of fused-ring (bicyclic) bond motifs is 1. The largest absolute Gasteiger partial charge is 0.481 e. The van der Waals surface area contributed by atoms with Crippen LogP contribution in [0.15, 0.2) is 0 Å². The molecule has 0 aromatic rings. The average molecular weight is 256 g/mol. The van der Waals surface area contributed by atoms with Gasteiger partial charge in [0.25, 0.3) is 0 Å². The lowest BCUT2D eigenvalue weighted by molar-refractivity contribution is -0.145. The molecule has 100 valence electrons. The van der Waals surface area contributed by atoms with Gasteiger partial charge in [0.05, 0.1) is 5.92 Å². The number of carboxylic acid groups (broad SMARTS) is 2. The summed E-state index contributed by atoms with van der Waals surface area (Å²) < 4.78 is 0. The molecule has 7 nitrogen and oxygen atoms in total. The quantitative estimate of drug-likeness (QED) is 0.503. The van der Waals surface area contributed by atoms with Crippen LogP contribution in [0.1, 0.15) is 13.3 Å². The van der Waals surface area contributed by atoms with Crippen molar-refractivity contribution in [2.24, 2.45) is 29.4 Å². The van der Waals surface area contributed by atoms with Crippen molar-refractivity contribution in [1.82, 2.24) is 5.32 Å². The van der Waals surface area contributed by atoms with Gasteiger partial charge in [-0.2, -0.15) is 0 Å². The Hall–Kier alpha value is -1.63. The van der Waals surface area contributed by atoms with Gasteiger partial charge in [0.2, 0.25) is 5.91 Å². The van der Waals surface area contributed by atoms with Crippen molar-refractivity contribution >= 4 is 17.8 Å². The Morgan fingerprint density at radius 3 is 2.44 bits per heavy atom. The lowest BCUT2D eigenvalue weighted by Crippen LogP contribution is -2.50. The third-order valence-corrected chi connectivity index (χ3v) is 4.11. The van der Waals surface area contributed by atoms with Gasteiger partial charge < -0.3 is 21.3 Å². The Bertz CT molecular complexity index is 424. The Morgan fingerprint density at radius 1 is 1.39 bits per heavy atom. The SMILES string of the molecule is CC(=O)NCC1CC(N)(C(=O)O)C2C(C(=O)O)C12. The molecule has 0 heterocycles. The molecule has 0 spiro atoms. The topological polar surface area (TPSA) is 130 Å². The zero-order valence-electron chi connectivity index (χ0n) is 9.92. The number of nitrogens with one attached hydrogen (secondary N) is 1. The van der Waals surface area contributed by atoms with Crippen LogP contribution in [0.2, 0.25) is 0 Å². The van der Waals surface area contributed by atoms with Gasteiger partial charge in [0.15, 0.2) is 0 Å². The second kappa shape index (κ2) is 3.94. The molecule has 0 saturated heterocycles. The maximum absolute atomic E-state index is 11.2. The molecular weight excluding hydrogens is 240 g/mol. The molecular formula is C11H16N2O5.